The quantitative estimate of drug-likeness (QED) is 0.291. The summed E-state index contributed by atoms with van der Waals surface area (Å²) in [6.07, 6.45) is 0. The molecule has 1 aromatic carbocycles. The molecular formula is C9H11N5O7S. The Morgan fingerprint density at radius 3 is 2.41 bits per heavy atom. The van der Waals surface area contributed by atoms with E-state index in [4.69, 9.17) is 0 Å². The molecule has 0 aliphatic heterocycles. The van der Waals surface area contributed by atoms with Gasteiger partial charge >= 0.3 is 5.91 Å². The average Bonchev–Trinajstić information content (AvgIpc) is 2.45. The highest BCUT2D eigenvalue weighted by molar-refractivity contribution is 7.89. The van der Waals surface area contributed by atoms with Crippen molar-refractivity contribution >= 4 is 21.6 Å². The number of sulfonamides is 1. The Hall–Kier alpha value is -2.80. The number of nitrogens with one attached hydrogen (secondary N) is 2. The summed E-state index contributed by atoms with van der Waals surface area (Å²) < 4.78 is 23.6. The van der Waals surface area contributed by atoms with Crippen LogP contribution in [0.2, 0.25) is 0 Å². The zero-order valence-corrected chi connectivity index (χ0v) is 11.9. The number of hydrazine groups is 1. The molecule has 0 saturated heterocycles. The minimum atomic E-state index is -4.13. The first-order valence-corrected chi connectivity index (χ1v) is 6.98. The molecule has 0 radical (unpaired) electrons. The van der Waals surface area contributed by atoms with Crippen LogP contribution in [0.25, 0.3) is 0 Å². The number of nitrogens with zero attached hydrogens (tertiary/aromatic N) is 3. The van der Waals surface area contributed by atoms with E-state index in [1.54, 1.807) is 10.3 Å². The molecule has 1 rings (SSSR count). The molecule has 0 aliphatic carbocycles. The van der Waals surface area contributed by atoms with Crippen molar-refractivity contribution in [3.8, 4) is 0 Å². The Morgan fingerprint density at radius 1 is 1.32 bits per heavy atom. The van der Waals surface area contributed by atoms with E-state index in [1.165, 1.54) is 0 Å². The van der Waals surface area contributed by atoms with Crippen molar-refractivity contribution in [3.05, 3.63) is 39.6 Å². The van der Waals surface area contributed by atoms with Crippen LogP contribution in [0.3, 0.4) is 0 Å². The number of non-ortho nitro benzene ring substituents is 1. The summed E-state index contributed by atoms with van der Waals surface area (Å²) >= 11 is 0. The highest BCUT2D eigenvalue weighted by Crippen LogP contribution is 2.15. The van der Waals surface area contributed by atoms with Gasteiger partial charge in [-0.05, 0) is 17.0 Å². The molecule has 0 unspecified atom stereocenters. The molecule has 12 nitrogen and oxygen atoms in total. The minimum absolute atomic E-state index is 0.102. The summed E-state index contributed by atoms with van der Waals surface area (Å²) in [5.74, 6) is -0.985. The van der Waals surface area contributed by atoms with Crippen LogP contribution in [0.4, 0.5) is 5.69 Å². The molecule has 0 atom stereocenters. The summed E-state index contributed by atoms with van der Waals surface area (Å²) in [5.41, 5.74) is 1.49. The Bertz CT molecular complexity index is 685. The molecule has 0 bridgehead atoms. The maximum absolute atomic E-state index is 11.8. The zero-order chi connectivity index (χ0) is 16.8. The molecule has 0 aromatic heterocycles. The summed E-state index contributed by atoms with van der Waals surface area (Å²) in [6.45, 7) is -0.795. The molecule has 1 aromatic rings. The van der Waals surface area contributed by atoms with E-state index in [0.717, 1.165) is 31.4 Å². The number of hydrogen-bond acceptors (Lipinski definition) is 8. The standard InChI is InChI=1S/C9H11N5O7S/c1-21-12-13(16)6-9(15)10-11-22(19,20)8-4-2-7(3-5-8)14(17)18/h2-5,11H,6H2,1H3,(H,10,15). The number of rotatable bonds is 7. The first-order valence-electron chi connectivity index (χ1n) is 5.50. The maximum atomic E-state index is 11.8. The Morgan fingerprint density at radius 2 is 1.91 bits per heavy atom. The van der Waals surface area contributed by atoms with Gasteiger partial charge in [-0.1, -0.05) is 0 Å². The normalized spacial score (nSPS) is 11.8. The van der Waals surface area contributed by atoms with Gasteiger partial charge in [0.05, 0.1) is 9.82 Å². The summed E-state index contributed by atoms with van der Waals surface area (Å²) in [7, 11) is -3.04. The van der Waals surface area contributed by atoms with E-state index in [1.807, 2.05) is 0 Å². The lowest BCUT2D eigenvalue weighted by atomic mass is 10.3. The van der Waals surface area contributed by atoms with Gasteiger partial charge in [0.1, 0.15) is 7.11 Å². The van der Waals surface area contributed by atoms with Crippen LogP contribution in [0, 0.1) is 15.3 Å². The number of carbonyl (C=O) groups excluding carboxylic acids is 1. The summed E-state index contributed by atoms with van der Waals surface area (Å²) in [4.78, 5) is 26.5. The van der Waals surface area contributed by atoms with Crippen molar-refractivity contribution < 1.29 is 27.8 Å². The van der Waals surface area contributed by atoms with Crippen molar-refractivity contribution in [2.24, 2.45) is 5.28 Å². The third-order valence-electron chi connectivity index (χ3n) is 2.13. The largest absolute Gasteiger partial charge is 0.597 e. The second-order valence-electron chi connectivity index (χ2n) is 3.68. The maximum Gasteiger partial charge on any atom is 0.304 e. The van der Waals surface area contributed by atoms with Crippen LogP contribution >= 0.6 is 0 Å². The molecule has 0 heterocycles. The first-order chi connectivity index (χ1) is 10.3. The molecule has 0 spiro atoms. The highest BCUT2D eigenvalue weighted by atomic mass is 32.2. The molecule has 0 saturated carbocycles. The van der Waals surface area contributed by atoms with E-state index in [-0.39, 0.29) is 15.4 Å². The molecule has 0 fully saturated rings. The topological polar surface area (TPSA) is 166 Å². The lowest BCUT2D eigenvalue weighted by Crippen LogP contribution is -2.44. The summed E-state index contributed by atoms with van der Waals surface area (Å²) in [6, 6.07) is 3.97. The van der Waals surface area contributed by atoms with Gasteiger partial charge in [0.2, 0.25) is 0 Å². The number of carbonyl (C=O) groups is 1. The van der Waals surface area contributed by atoms with Gasteiger partial charge in [-0.3, -0.25) is 20.3 Å². The van der Waals surface area contributed by atoms with Gasteiger partial charge in [0.15, 0.2) is 5.28 Å². The van der Waals surface area contributed by atoms with Crippen LogP contribution < -0.4 is 10.3 Å². The molecule has 120 valence electrons. The van der Waals surface area contributed by atoms with Gasteiger partial charge in [-0.15, -0.1) is 4.83 Å². The van der Waals surface area contributed by atoms with Crippen molar-refractivity contribution in [2.45, 2.75) is 4.90 Å². The van der Waals surface area contributed by atoms with Crippen LogP contribution in [0.1, 0.15) is 0 Å². The summed E-state index contributed by atoms with van der Waals surface area (Å²) in [5, 5.41) is 24.2. The van der Waals surface area contributed by atoms with E-state index in [0.29, 0.717) is 0 Å². The van der Waals surface area contributed by atoms with Crippen molar-refractivity contribution in [1.29, 1.82) is 0 Å². The van der Waals surface area contributed by atoms with Gasteiger partial charge in [0, 0.05) is 12.1 Å². The number of nitro benzene ring substituents is 1. The van der Waals surface area contributed by atoms with Gasteiger partial charge < -0.3 is 10.0 Å². The van der Waals surface area contributed by atoms with Gasteiger partial charge in [-0.2, -0.15) is 0 Å². The number of hydrogen-bond donors (Lipinski definition) is 2. The first kappa shape index (κ1) is 17.3. The number of hydroxylamine groups is 1. The number of amides is 1. The Kier molecular flexibility index (Phi) is 5.71. The molecular weight excluding hydrogens is 322 g/mol. The van der Waals surface area contributed by atoms with Crippen LogP contribution in [-0.2, 0) is 19.7 Å². The number of benzene rings is 1. The fourth-order valence-electron chi connectivity index (χ4n) is 1.21. The fourth-order valence-corrected chi connectivity index (χ4v) is 2.07. The molecule has 1 amide bonds. The number of nitro groups is 1. The predicted molar refractivity (Wildman–Crippen MR) is 69.5 cm³/mol. The van der Waals surface area contributed by atoms with E-state index >= 15 is 0 Å². The smallest absolute Gasteiger partial charge is 0.304 e. The lowest BCUT2D eigenvalue weighted by molar-refractivity contribution is -0.546. The lowest BCUT2D eigenvalue weighted by Gasteiger charge is -2.07. The molecule has 13 heteroatoms. The predicted octanol–water partition coefficient (Wildman–Crippen LogP) is -0.572. The molecule has 0 aliphatic rings. The second kappa shape index (κ2) is 7.28. The van der Waals surface area contributed by atoms with Crippen LogP contribution in [0.5, 0.6) is 0 Å². The van der Waals surface area contributed by atoms with Crippen LogP contribution in [-0.4, -0.2) is 37.8 Å². The fraction of sp³-hybridized carbons (Fsp3) is 0.222. The SMILES string of the molecule is CON=[N+]([O-])CC(=O)NNS(=O)(=O)c1ccc([N+](=O)[O-])cc1. The molecule has 2 N–H and O–H groups in total. The van der Waals surface area contributed by atoms with E-state index in [2.05, 4.69) is 10.1 Å². The van der Waals surface area contributed by atoms with Gasteiger partial charge in [0.25, 0.3) is 22.3 Å². The average molecular weight is 333 g/mol. The second-order valence-corrected chi connectivity index (χ2v) is 5.36. The van der Waals surface area contributed by atoms with E-state index < -0.39 is 27.4 Å². The highest BCUT2D eigenvalue weighted by Gasteiger charge is 2.18. The molecule has 22 heavy (non-hydrogen) atoms. The monoisotopic (exact) mass is 333 g/mol. The zero-order valence-electron chi connectivity index (χ0n) is 11.1. The van der Waals surface area contributed by atoms with Crippen molar-refractivity contribution in [1.82, 2.24) is 10.3 Å². The Balaban J connectivity index is 2.69. The van der Waals surface area contributed by atoms with Crippen molar-refractivity contribution in [3.63, 3.8) is 0 Å². The van der Waals surface area contributed by atoms with Crippen molar-refractivity contribution in [2.75, 3.05) is 13.7 Å². The Labute approximate surface area is 124 Å². The minimum Gasteiger partial charge on any atom is -0.597 e. The third kappa shape index (κ3) is 4.95. The third-order valence-corrected chi connectivity index (χ3v) is 3.40. The van der Waals surface area contributed by atoms with E-state index in [9.17, 15) is 28.5 Å². The van der Waals surface area contributed by atoms with Crippen LogP contribution in [0.15, 0.2) is 34.4 Å². The van der Waals surface area contributed by atoms with Gasteiger partial charge in [-0.25, -0.2) is 8.42 Å².